The minimum Gasteiger partial charge on any atom is -0.435 e. The molecule has 14 nitrogen and oxygen atoms in total. The van der Waals surface area contributed by atoms with Crippen LogP contribution in [-0.2, 0) is 28.1 Å². The van der Waals surface area contributed by atoms with Gasteiger partial charge in [-0.1, -0.05) is 81.4 Å². The van der Waals surface area contributed by atoms with Gasteiger partial charge < -0.3 is 33.0 Å². The van der Waals surface area contributed by atoms with Crippen LogP contribution in [0.3, 0.4) is 0 Å². The summed E-state index contributed by atoms with van der Waals surface area (Å²) in [4.78, 5) is 36.6. The van der Waals surface area contributed by atoms with Crippen molar-refractivity contribution in [3.8, 4) is 6.07 Å². The minimum atomic E-state index is -3.27. The van der Waals surface area contributed by atoms with Gasteiger partial charge >= 0.3 is 12.3 Å². The van der Waals surface area contributed by atoms with Crippen molar-refractivity contribution in [3.63, 3.8) is 0 Å². The van der Waals surface area contributed by atoms with Gasteiger partial charge in [-0.2, -0.15) is 10.4 Å². The average Bonchev–Trinajstić information content (AvgIpc) is 3.68. The zero-order valence-electron chi connectivity index (χ0n) is 30.4. The number of carbonyl (C=O) groups excluding carboxylic acids is 2. The molecule has 0 aliphatic carbocycles. The normalized spacial score (nSPS) is 20.4. The first-order valence-corrected chi connectivity index (χ1v) is 18.9. The molecule has 52 heavy (non-hydrogen) atoms. The summed E-state index contributed by atoms with van der Waals surface area (Å²) in [5.74, 6) is 0.358. The van der Waals surface area contributed by atoms with Crippen molar-refractivity contribution in [2.75, 3.05) is 33.9 Å². The van der Waals surface area contributed by atoms with E-state index >= 15 is 0 Å². The lowest BCUT2D eigenvalue weighted by Gasteiger charge is -2.44. The number of aromatic nitrogens is 3. The lowest BCUT2D eigenvalue weighted by atomic mass is 9.95. The van der Waals surface area contributed by atoms with Crippen molar-refractivity contribution < 1.29 is 37.7 Å². The Balaban J connectivity index is 1.68. The summed E-state index contributed by atoms with van der Waals surface area (Å²) < 4.78 is 37.4. The van der Waals surface area contributed by atoms with Gasteiger partial charge in [0.2, 0.25) is 5.60 Å². The average molecular weight is 729 g/mol. The number of nitrogens with zero attached hydrogens (tertiary/aromatic N) is 6. The highest BCUT2D eigenvalue weighted by atomic mass is 28.4. The van der Waals surface area contributed by atoms with E-state index in [2.05, 4.69) is 41.9 Å². The number of benzene rings is 2. The van der Waals surface area contributed by atoms with Crippen molar-refractivity contribution in [1.82, 2.24) is 19.5 Å². The van der Waals surface area contributed by atoms with Crippen LogP contribution < -0.4 is 10.4 Å². The highest BCUT2D eigenvalue weighted by Crippen LogP contribution is 2.46. The summed E-state index contributed by atoms with van der Waals surface area (Å²) in [5.41, 5.74) is -1.15. The first-order valence-electron chi connectivity index (χ1n) is 16.9. The van der Waals surface area contributed by atoms with Gasteiger partial charge in [0, 0.05) is 14.1 Å². The van der Waals surface area contributed by atoms with E-state index in [1.54, 1.807) is 37.2 Å². The van der Waals surface area contributed by atoms with Gasteiger partial charge in [-0.05, 0) is 41.4 Å². The topological polar surface area (TPSA) is 159 Å². The Hall–Kier alpha value is -5.30. The third kappa shape index (κ3) is 7.50. The SMILES string of the molecule is CCOC(=O)O[C@H]1[C@H](c2ccc3c(N=CN(C)C)ncnn23)O[C@](C#N)(CO[Si](c2ccccc2)(c2ccccc2)C(C)(C)C)[C@H]1OC(=O)OCC. The van der Waals surface area contributed by atoms with Gasteiger partial charge in [0.25, 0.3) is 8.32 Å². The Bertz CT molecular complexity index is 1870. The van der Waals surface area contributed by atoms with Gasteiger partial charge in [-0.3, -0.25) is 0 Å². The second-order valence-corrected chi connectivity index (χ2v) is 17.6. The van der Waals surface area contributed by atoms with Crippen LogP contribution in [-0.4, -0.2) is 98.2 Å². The molecule has 1 fully saturated rings. The molecule has 274 valence electrons. The fourth-order valence-corrected chi connectivity index (χ4v) is 11.0. The Kier molecular flexibility index (Phi) is 11.6. The number of nitriles is 1. The van der Waals surface area contributed by atoms with E-state index in [-0.39, 0.29) is 19.8 Å². The largest absolute Gasteiger partial charge is 0.508 e. The Morgan fingerprint density at radius 1 is 0.981 bits per heavy atom. The summed E-state index contributed by atoms with van der Waals surface area (Å²) in [5, 5.41) is 17.0. The fraction of sp³-hybridized carbons (Fsp3) is 0.405. The molecule has 1 saturated heterocycles. The molecule has 0 radical (unpaired) electrons. The minimum absolute atomic E-state index is 0.00609. The van der Waals surface area contributed by atoms with Crippen LogP contribution in [0.1, 0.15) is 46.4 Å². The van der Waals surface area contributed by atoms with E-state index in [1.807, 2.05) is 74.8 Å². The predicted molar refractivity (Wildman–Crippen MR) is 194 cm³/mol. The second-order valence-electron chi connectivity index (χ2n) is 13.3. The summed E-state index contributed by atoms with van der Waals surface area (Å²) in [6.07, 6.45) is -3.37. The highest BCUT2D eigenvalue weighted by molar-refractivity contribution is 6.99. The number of carbonyl (C=O) groups is 2. The smallest absolute Gasteiger partial charge is 0.435 e. The lowest BCUT2D eigenvalue weighted by Crippen LogP contribution is -2.68. The van der Waals surface area contributed by atoms with Gasteiger partial charge in [0.1, 0.15) is 24.0 Å². The lowest BCUT2D eigenvalue weighted by molar-refractivity contribution is -0.0847. The molecular formula is C37H44N6O8Si. The van der Waals surface area contributed by atoms with Crippen molar-refractivity contribution >= 4 is 48.7 Å². The molecule has 2 aromatic carbocycles. The molecule has 0 amide bonds. The molecule has 3 heterocycles. The van der Waals surface area contributed by atoms with Crippen molar-refractivity contribution in [2.45, 2.75) is 63.6 Å². The van der Waals surface area contributed by atoms with E-state index in [0.29, 0.717) is 17.0 Å². The van der Waals surface area contributed by atoms with E-state index in [9.17, 15) is 14.9 Å². The molecule has 4 aromatic rings. The summed E-state index contributed by atoms with van der Waals surface area (Å²) in [6.45, 7) is 9.16. The summed E-state index contributed by atoms with van der Waals surface area (Å²) in [6, 6.07) is 25.4. The Morgan fingerprint density at radius 2 is 1.58 bits per heavy atom. The Labute approximate surface area is 304 Å². The third-order valence-electron chi connectivity index (χ3n) is 8.65. The zero-order chi connectivity index (χ0) is 37.5. The Morgan fingerprint density at radius 3 is 2.12 bits per heavy atom. The fourth-order valence-electron chi connectivity index (χ4n) is 6.46. The molecule has 1 aliphatic heterocycles. The number of ether oxygens (including phenoxy) is 5. The maximum absolute atomic E-state index is 13.1. The third-order valence-corrected chi connectivity index (χ3v) is 13.6. The molecule has 15 heteroatoms. The van der Waals surface area contributed by atoms with E-state index in [4.69, 9.17) is 28.1 Å². The summed E-state index contributed by atoms with van der Waals surface area (Å²) >= 11 is 0. The second kappa shape index (κ2) is 15.9. The number of rotatable bonds is 12. The molecule has 0 bridgehead atoms. The van der Waals surface area contributed by atoms with Crippen LogP contribution in [0.25, 0.3) is 5.52 Å². The number of aliphatic imine (C=N–C) groups is 1. The maximum atomic E-state index is 13.1. The predicted octanol–water partition coefficient (Wildman–Crippen LogP) is 4.94. The molecule has 0 spiro atoms. The quantitative estimate of drug-likeness (QED) is 0.0838. The van der Waals surface area contributed by atoms with Crippen molar-refractivity contribution in [1.29, 1.82) is 5.26 Å². The number of fused-ring (bicyclic) bond motifs is 1. The number of hydrogen-bond donors (Lipinski definition) is 0. The molecule has 2 aromatic heterocycles. The van der Waals surface area contributed by atoms with E-state index in [1.165, 1.54) is 10.8 Å². The highest BCUT2D eigenvalue weighted by Gasteiger charge is 2.63. The van der Waals surface area contributed by atoms with Crippen LogP contribution in [0, 0.1) is 11.3 Å². The van der Waals surface area contributed by atoms with E-state index in [0.717, 1.165) is 10.4 Å². The van der Waals surface area contributed by atoms with Crippen LogP contribution in [0.15, 0.2) is 84.1 Å². The van der Waals surface area contributed by atoms with Crippen molar-refractivity contribution in [2.24, 2.45) is 4.99 Å². The van der Waals surface area contributed by atoms with Crippen LogP contribution >= 0.6 is 0 Å². The molecule has 0 N–H and O–H groups in total. The van der Waals surface area contributed by atoms with Gasteiger partial charge in [0.15, 0.2) is 18.0 Å². The monoisotopic (exact) mass is 728 g/mol. The number of hydrogen-bond acceptors (Lipinski definition) is 12. The molecule has 0 unspecified atom stereocenters. The first kappa shape index (κ1) is 37.9. The van der Waals surface area contributed by atoms with Gasteiger partial charge in [0.05, 0.1) is 31.9 Å². The van der Waals surface area contributed by atoms with Gasteiger partial charge in [-0.15, -0.1) is 0 Å². The van der Waals surface area contributed by atoms with Crippen LogP contribution in [0.5, 0.6) is 0 Å². The molecular weight excluding hydrogens is 685 g/mol. The van der Waals surface area contributed by atoms with Crippen LogP contribution in [0.2, 0.25) is 5.04 Å². The first-order chi connectivity index (χ1) is 24.9. The standard InChI is InChI=1S/C37H44N6O8Si/c1-8-46-34(44)49-31-30(28-20-21-29-33(40-25-42(6)7)39-24-41-43(28)29)51-37(22-38,32(31)50-35(45)47-9-2)23-48-52(36(3,4)5,26-16-12-10-13-17-26)27-18-14-11-15-19-27/h10-21,24-25,30-32H,8-9,23H2,1-7H3/t30-,31-,32-,37+/m0/s1. The van der Waals surface area contributed by atoms with Gasteiger partial charge in [-0.25, -0.2) is 24.1 Å². The zero-order valence-corrected chi connectivity index (χ0v) is 31.4. The maximum Gasteiger partial charge on any atom is 0.508 e. The summed E-state index contributed by atoms with van der Waals surface area (Å²) in [7, 11) is 0.387. The van der Waals surface area contributed by atoms with Crippen LogP contribution in [0.4, 0.5) is 15.4 Å². The molecule has 0 saturated carbocycles. The van der Waals surface area contributed by atoms with E-state index < -0.39 is 49.6 Å². The van der Waals surface area contributed by atoms with Crippen molar-refractivity contribution in [3.05, 3.63) is 84.8 Å². The molecule has 1 aliphatic rings. The molecule has 5 rings (SSSR count). The molecule has 4 atom stereocenters.